The maximum Gasteiger partial charge on any atom is 0.272 e. The second-order valence-electron chi connectivity index (χ2n) is 7.81. The number of amides is 1. The normalized spacial score (nSPS) is 17.1. The van der Waals surface area contributed by atoms with Crippen LogP contribution in [0.3, 0.4) is 0 Å². The van der Waals surface area contributed by atoms with Crippen LogP contribution in [0.1, 0.15) is 66.4 Å². The van der Waals surface area contributed by atoms with E-state index in [1.54, 1.807) is 23.1 Å². The SMILES string of the molecule is CC(C)n1nccc1C(=O)N1CCC[C@H](c2ncc(Cc3ccc(Cl)cc3)o2)C1. The number of carbonyl (C=O) groups excluding carboxylic acids is 1. The summed E-state index contributed by atoms with van der Waals surface area (Å²) in [5, 5.41) is 5.01. The number of piperidine rings is 1. The van der Waals surface area contributed by atoms with E-state index in [1.165, 1.54) is 0 Å². The second kappa shape index (κ2) is 8.41. The number of hydrogen-bond acceptors (Lipinski definition) is 4. The van der Waals surface area contributed by atoms with E-state index >= 15 is 0 Å². The predicted molar refractivity (Wildman–Crippen MR) is 111 cm³/mol. The van der Waals surface area contributed by atoms with Crippen molar-refractivity contribution in [1.82, 2.24) is 19.7 Å². The number of aromatic nitrogens is 3. The van der Waals surface area contributed by atoms with Crippen LogP contribution in [0.5, 0.6) is 0 Å². The number of hydrogen-bond donors (Lipinski definition) is 0. The molecule has 1 atom stereocenters. The molecule has 6 nitrogen and oxygen atoms in total. The molecule has 1 saturated heterocycles. The molecule has 1 amide bonds. The van der Waals surface area contributed by atoms with Crippen molar-refractivity contribution in [2.45, 2.75) is 45.1 Å². The number of benzene rings is 1. The maximum absolute atomic E-state index is 13.0. The van der Waals surface area contributed by atoms with Crippen molar-refractivity contribution in [2.75, 3.05) is 13.1 Å². The van der Waals surface area contributed by atoms with Gasteiger partial charge < -0.3 is 9.32 Å². The lowest BCUT2D eigenvalue weighted by atomic mass is 9.97. The van der Waals surface area contributed by atoms with Gasteiger partial charge in [0.15, 0.2) is 5.89 Å². The molecule has 0 bridgehead atoms. The fourth-order valence-electron chi connectivity index (χ4n) is 3.82. The smallest absolute Gasteiger partial charge is 0.272 e. The standard InChI is InChI=1S/C22H25ClN4O2/c1-15(2)27-20(9-10-25-27)22(28)26-11-3-4-17(14-26)21-24-13-19(29-21)12-16-5-7-18(23)8-6-16/h5-10,13,15,17H,3-4,11-12,14H2,1-2H3/t17-/m0/s1. The van der Waals surface area contributed by atoms with Crippen molar-refractivity contribution in [3.05, 3.63) is 70.7 Å². The van der Waals surface area contributed by atoms with Crippen molar-refractivity contribution in [3.63, 3.8) is 0 Å². The van der Waals surface area contributed by atoms with Crippen LogP contribution >= 0.6 is 11.6 Å². The molecule has 3 heterocycles. The minimum Gasteiger partial charge on any atom is -0.445 e. The highest BCUT2D eigenvalue weighted by Gasteiger charge is 2.30. The van der Waals surface area contributed by atoms with Crippen LogP contribution in [0, 0.1) is 0 Å². The Labute approximate surface area is 175 Å². The van der Waals surface area contributed by atoms with Gasteiger partial charge in [0.2, 0.25) is 0 Å². The summed E-state index contributed by atoms with van der Waals surface area (Å²) in [5.41, 5.74) is 1.76. The summed E-state index contributed by atoms with van der Waals surface area (Å²) in [6.07, 6.45) is 6.05. The summed E-state index contributed by atoms with van der Waals surface area (Å²) in [6, 6.07) is 9.67. The molecule has 0 unspecified atom stereocenters. The molecule has 4 rings (SSSR count). The summed E-state index contributed by atoms with van der Waals surface area (Å²) in [6.45, 7) is 5.41. The van der Waals surface area contributed by atoms with Crippen LogP contribution in [0.4, 0.5) is 0 Å². The van der Waals surface area contributed by atoms with Crippen molar-refractivity contribution >= 4 is 17.5 Å². The monoisotopic (exact) mass is 412 g/mol. The number of nitrogens with zero attached hydrogens (tertiary/aromatic N) is 4. The Bertz CT molecular complexity index is 977. The van der Waals surface area contributed by atoms with E-state index in [-0.39, 0.29) is 17.9 Å². The molecule has 0 N–H and O–H groups in total. The van der Waals surface area contributed by atoms with Crippen molar-refractivity contribution < 1.29 is 9.21 Å². The molecule has 1 aliphatic rings. The van der Waals surface area contributed by atoms with Gasteiger partial charge in [0, 0.05) is 36.8 Å². The van der Waals surface area contributed by atoms with Gasteiger partial charge in [-0.25, -0.2) is 4.98 Å². The molecule has 0 spiro atoms. The Balaban J connectivity index is 1.44. The number of oxazole rings is 1. The Morgan fingerprint density at radius 1 is 1.28 bits per heavy atom. The lowest BCUT2D eigenvalue weighted by Gasteiger charge is -2.31. The quantitative estimate of drug-likeness (QED) is 0.608. The van der Waals surface area contributed by atoms with E-state index in [0.29, 0.717) is 24.6 Å². The van der Waals surface area contributed by atoms with Crippen molar-refractivity contribution in [2.24, 2.45) is 0 Å². The first kappa shape index (κ1) is 19.7. The summed E-state index contributed by atoms with van der Waals surface area (Å²) in [5.74, 6) is 1.67. The average molecular weight is 413 g/mol. The van der Waals surface area contributed by atoms with Crippen LogP contribution in [0.25, 0.3) is 0 Å². The minimum atomic E-state index is 0.0221. The predicted octanol–water partition coefficient (Wildman–Crippen LogP) is 4.72. The molecule has 3 aromatic rings. The lowest BCUT2D eigenvalue weighted by molar-refractivity contribution is 0.0683. The molecule has 1 fully saturated rings. The number of rotatable bonds is 5. The van der Waals surface area contributed by atoms with Gasteiger partial charge in [-0.15, -0.1) is 0 Å². The van der Waals surface area contributed by atoms with Gasteiger partial charge in [0.05, 0.1) is 12.1 Å². The molecular formula is C22H25ClN4O2. The van der Waals surface area contributed by atoms with E-state index in [2.05, 4.69) is 10.1 Å². The highest BCUT2D eigenvalue weighted by Crippen LogP contribution is 2.28. The van der Waals surface area contributed by atoms with Gasteiger partial charge >= 0.3 is 0 Å². The molecular weight excluding hydrogens is 388 g/mol. The van der Waals surface area contributed by atoms with Crippen molar-refractivity contribution in [1.29, 1.82) is 0 Å². The molecule has 7 heteroatoms. The highest BCUT2D eigenvalue weighted by molar-refractivity contribution is 6.30. The Morgan fingerprint density at radius 3 is 2.83 bits per heavy atom. The fraction of sp³-hybridized carbons (Fsp3) is 0.409. The van der Waals surface area contributed by atoms with E-state index in [1.807, 2.05) is 43.0 Å². The van der Waals surface area contributed by atoms with Crippen LogP contribution in [-0.4, -0.2) is 38.7 Å². The molecule has 152 valence electrons. The third kappa shape index (κ3) is 4.37. The zero-order valence-corrected chi connectivity index (χ0v) is 17.5. The van der Waals surface area contributed by atoms with Gasteiger partial charge in [-0.05, 0) is 50.5 Å². The molecule has 2 aromatic heterocycles. The fourth-order valence-corrected chi connectivity index (χ4v) is 3.94. The molecule has 1 aliphatic heterocycles. The third-order valence-electron chi connectivity index (χ3n) is 5.30. The summed E-state index contributed by atoms with van der Waals surface area (Å²) < 4.78 is 7.82. The van der Waals surface area contributed by atoms with Crippen LogP contribution in [-0.2, 0) is 6.42 Å². The van der Waals surface area contributed by atoms with E-state index in [4.69, 9.17) is 16.0 Å². The Morgan fingerprint density at radius 2 is 2.07 bits per heavy atom. The van der Waals surface area contributed by atoms with E-state index in [0.717, 1.165) is 35.7 Å². The first-order valence-electron chi connectivity index (χ1n) is 10.0. The summed E-state index contributed by atoms with van der Waals surface area (Å²) in [7, 11) is 0. The summed E-state index contributed by atoms with van der Waals surface area (Å²) in [4.78, 5) is 19.4. The van der Waals surface area contributed by atoms with Gasteiger partial charge in [0.25, 0.3) is 5.91 Å². The molecule has 29 heavy (non-hydrogen) atoms. The Kier molecular flexibility index (Phi) is 5.72. The highest BCUT2D eigenvalue weighted by atomic mass is 35.5. The average Bonchev–Trinajstić information content (AvgIpc) is 3.39. The van der Waals surface area contributed by atoms with Crippen LogP contribution in [0.15, 0.2) is 47.1 Å². The third-order valence-corrected chi connectivity index (χ3v) is 5.55. The zero-order valence-electron chi connectivity index (χ0n) is 16.7. The summed E-state index contributed by atoms with van der Waals surface area (Å²) >= 11 is 5.95. The second-order valence-corrected chi connectivity index (χ2v) is 8.25. The van der Waals surface area contributed by atoms with Gasteiger partial charge in [-0.2, -0.15) is 5.10 Å². The topological polar surface area (TPSA) is 64.2 Å². The molecule has 1 aromatic carbocycles. The zero-order chi connectivity index (χ0) is 20.4. The van der Waals surface area contributed by atoms with Crippen LogP contribution in [0.2, 0.25) is 5.02 Å². The van der Waals surface area contributed by atoms with Gasteiger partial charge in [-0.1, -0.05) is 23.7 Å². The van der Waals surface area contributed by atoms with E-state index in [9.17, 15) is 4.79 Å². The molecule has 0 saturated carbocycles. The molecule has 0 radical (unpaired) electrons. The number of halogens is 1. The minimum absolute atomic E-state index is 0.0221. The first-order chi connectivity index (χ1) is 14.0. The largest absolute Gasteiger partial charge is 0.445 e. The van der Waals surface area contributed by atoms with Crippen molar-refractivity contribution in [3.8, 4) is 0 Å². The van der Waals surface area contributed by atoms with Crippen LogP contribution < -0.4 is 0 Å². The maximum atomic E-state index is 13.0. The lowest BCUT2D eigenvalue weighted by Crippen LogP contribution is -2.40. The Hall–Kier alpha value is -2.60. The molecule has 0 aliphatic carbocycles. The van der Waals surface area contributed by atoms with E-state index < -0.39 is 0 Å². The number of likely N-dealkylation sites (tertiary alicyclic amines) is 1. The van der Waals surface area contributed by atoms with Gasteiger partial charge in [-0.3, -0.25) is 9.48 Å². The first-order valence-corrected chi connectivity index (χ1v) is 10.4. The van der Waals surface area contributed by atoms with Gasteiger partial charge in [0.1, 0.15) is 11.5 Å². The number of carbonyl (C=O) groups is 1.